The summed E-state index contributed by atoms with van der Waals surface area (Å²) in [6, 6.07) is 0. The van der Waals surface area contributed by atoms with Crippen LogP contribution in [0.2, 0.25) is 0 Å². The van der Waals surface area contributed by atoms with E-state index in [1.807, 2.05) is 7.05 Å². The SMILES string of the molecule is CCC(/C=C\CC(C)C)=C\NC. The molecule has 0 saturated carbocycles. The Morgan fingerprint density at radius 1 is 1.42 bits per heavy atom. The van der Waals surface area contributed by atoms with Crippen LogP contribution in [-0.4, -0.2) is 7.05 Å². The van der Waals surface area contributed by atoms with Crippen LogP contribution in [-0.2, 0) is 0 Å². The third-order valence-electron chi connectivity index (χ3n) is 1.68. The van der Waals surface area contributed by atoms with Gasteiger partial charge in [0.15, 0.2) is 0 Å². The molecule has 0 aliphatic rings. The van der Waals surface area contributed by atoms with Crippen molar-refractivity contribution in [2.24, 2.45) is 5.92 Å². The third kappa shape index (κ3) is 6.02. The van der Waals surface area contributed by atoms with Gasteiger partial charge in [-0.15, -0.1) is 0 Å². The van der Waals surface area contributed by atoms with E-state index in [-0.39, 0.29) is 0 Å². The normalized spacial score (nSPS) is 12.9. The van der Waals surface area contributed by atoms with Crippen molar-refractivity contribution in [2.75, 3.05) is 7.05 Å². The van der Waals surface area contributed by atoms with Gasteiger partial charge in [-0.05, 0) is 30.5 Å². The highest BCUT2D eigenvalue weighted by molar-refractivity contribution is 5.17. The van der Waals surface area contributed by atoms with Crippen molar-refractivity contribution in [3.05, 3.63) is 23.9 Å². The Hall–Kier alpha value is -0.720. The molecule has 0 rings (SSSR count). The molecule has 0 aromatic rings. The molecular formula is C11H21N. The second-order valence-electron chi connectivity index (χ2n) is 3.39. The van der Waals surface area contributed by atoms with Crippen LogP contribution in [0.1, 0.15) is 33.6 Å². The van der Waals surface area contributed by atoms with Crippen LogP contribution in [0.4, 0.5) is 0 Å². The van der Waals surface area contributed by atoms with Gasteiger partial charge in [-0.3, -0.25) is 0 Å². The van der Waals surface area contributed by atoms with Gasteiger partial charge in [0.2, 0.25) is 0 Å². The highest BCUT2D eigenvalue weighted by Gasteiger charge is 1.89. The van der Waals surface area contributed by atoms with Crippen LogP contribution in [0.15, 0.2) is 23.9 Å². The van der Waals surface area contributed by atoms with Gasteiger partial charge >= 0.3 is 0 Å². The van der Waals surface area contributed by atoms with Gasteiger partial charge in [-0.1, -0.05) is 32.9 Å². The first kappa shape index (κ1) is 11.3. The van der Waals surface area contributed by atoms with E-state index in [2.05, 4.69) is 44.4 Å². The smallest absolute Gasteiger partial charge is 0.00278 e. The molecule has 0 fully saturated rings. The zero-order valence-electron chi connectivity index (χ0n) is 8.72. The van der Waals surface area contributed by atoms with Crippen molar-refractivity contribution in [3.63, 3.8) is 0 Å². The van der Waals surface area contributed by atoms with E-state index in [9.17, 15) is 0 Å². The molecule has 0 aliphatic heterocycles. The summed E-state index contributed by atoms with van der Waals surface area (Å²) in [6.07, 6.45) is 8.77. The van der Waals surface area contributed by atoms with E-state index in [1.54, 1.807) is 0 Å². The van der Waals surface area contributed by atoms with Gasteiger partial charge in [0.25, 0.3) is 0 Å². The van der Waals surface area contributed by atoms with E-state index >= 15 is 0 Å². The van der Waals surface area contributed by atoms with Crippen molar-refractivity contribution in [2.45, 2.75) is 33.6 Å². The first-order valence-electron chi connectivity index (χ1n) is 4.73. The van der Waals surface area contributed by atoms with Gasteiger partial charge in [-0.2, -0.15) is 0 Å². The zero-order chi connectivity index (χ0) is 9.40. The lowest BCUT2D eigenvalue weighted by molar-refractivity contribution is 0.663. The van der Waals surface area contributed by atoms with Crippen molar-refractivity contribution in [1.29, 1.82) is 0 Å². The summed E-state index contributed by atoms with van der Waals surface area (Å²) in [5.41, 5.74) is 1.36. The second-order valence-corrected chi connectivity index (χ2v) is 3.39. The molecule has 0 spiro atoms. The Labute approximate surface area is 76.6 Å². The minimum atomic E-state index is 0.758. The van der Waals surface area contributed by atoms with E-state index < -0.39 is 0 Å². The summed E-state index contributed by atoms with van der Waals surface area (Å²) in [4.78, 5) is 0. The van der Waals surface area contributed by atoms with Gasteiger partial charge in [0.1, 0.15) is 0 Å². The number of nitrogens with one attached hydrogen (secondary N) is 1. The molecule has 0 aromatic heterocycles. The maximum absolute atomic E-state index is 3.04. The lowest BCUT2D eigenvalue weighted by Gasteiger charge is -1.99. The zero-order valence-corrected chi connectivity index (χ0v) is 8.72. The molecule has 1 nitrogen and oxygen atoms in total. The lowest BCUT2D eigenvalue weighted by Crippen LogP contribution is -1.94. The van der Waals surface area contributed by atoms with Crippen molar-refractivity contribution in [3.8, 4) is 0 Å². The second kappa shape index (κ2) is 6.96. The monoisotopic (exact) mass is 167 g/mol. The molecule has 1 heteroatoms. The molecule has 70 valence electrons. The molecule has 0 atom stereocenters. The van der Waals surface area contributed by atoms with E-state index in [0.29, 0.717) is 0 Å². The summed E-state index contributed by atoms with van der Waals surface area (Å²) in [5.74, 6) is 0.758. The fraction of sp³-hybridized carbons (Fsp3) is 0.636. The molecule has 0 saturated heterocycles. The summed E-state index contributed by atoms with van der Waals surface area (Å²) < 4.78 is 0. The molecule has 0 aromatic carbocycles. The quantitative estimate of drug-likeness (QED) is 0.620. The molecule has 0 heterocycles. The minimum absolute atomic E-state index is 0.758. The average molecular weight is 167 g/mol. The molecular weight excluding hydrogens is 146 g/mol. The largest absolute Gasteiger partial charge is 0.394 e. The Bertz CT molecular complexity index is 154. The highest BCUT2D eigenvalue weighted by Crippen LogP contribution is 2.05. The average Bonchev–Trinajstić information content (AvgIpc) is 2.02. The minimum Gasteiger partial charge on any atom is -0.394 e. The highest BCUT2D eigenvalue weighted by atomic mass is 14.8. The number of rotatable bonds is 5. The fourth-order valence-corrected chi connectivity index (χ4v) is 0.945. The standard InChI is InChI=1S/C11H21N/c1-5-11(9-12-4)8-6-7-10(2)3/h6,8-10,12H,5,7H2,1-4H3/b8-6-,11-9+. The number of allylic oxidation sites excluding steroid dienone is 3. The van der Waals surface area contributed by atoms with Crippen LogP contribution in [0.5, 0.6) is 0 Å². The van der Waals surface area contributed by atoms with Crippen LogP contribution < -0.4 is 5.32 Å². The van der Waals surface area contributed by atoms with Crippen LogP contribution >= 0.6 is 0 Å². The topological polar surface area (TPSA) is 12.0 Å². The maximum Gasteiger partial charge on any atom is 0.00278 e. The summed E-state index contributed by atoms with van der Waals surface area (Å²) >= 11 is 0. The van der Waals surface area contributed by atoms with Crippen molar-refractivity contribution in [1.82, 2.24) is 5.32 Å². The Kier molecular flexibility index (Phi) is 6.54. The molecule has 0 radical (unpaired) electrons. The van der Waals surface area contributed by atoms with Gasteiger partial charge < -0.3 is 5.32 Å². The van der Waals surface area contributed by atoms with Crippen LogP contribution in [0.3, 0.4) is 0 Å². The van der Waals surface area contributed by atoms with Crippen molar-refractivity contribution < 1.29 is 0 Å². The Morgan fingerprint density at radius 3 is 2.50 bits per heavy atom. The van der Waals surface area contributed by atoms with Crippen LogP contribution in [0, 0.1) is 5.92 Å². The summed E-state index contributed by atoms with van der Waals surface area (Å²) in [7, 11) is 1.94. The molecule has 0 aliphatic carbocycles. The first-order chi connectivity index (χ1) is 5.70. The fourth-order valence-electron chi connectivity index (χ4n) is 0.945. The first-order valence-corrected chi connectivity index (χ1v) is 4.73. The molecule has 0 bridgehead atoms. The maximum atomic E-state index is 3.04. The van der Waals surface area contributed by atoms with E-state index in [0.717, 1.165) is 12.3 Å². The van der Waals surface area contributed by atoms with E-state index in [1.165, 1.54) is 12.0 Å². The molecule has 12 heavy (non-hydrogen) atoms. The van der Waals surface area contributed by atoms with Gasteiger partial charge in [0.05, 0.1) is 0 Å². The lowest BCUT2D eigenvalue weighted by atomic mass is 10.1. The molecule has 0 amide bonds. The summed E-state index contributed by atoms with van der Waals surface area (Å²) in [6.45, 7) is 6.64. The van der Waals surface area contributed by atoms with Crippen LogP contribution in [0.25, 0.3) is 0 Å². The molecule has 1 N–H and O–H groups in total. The number of hydrogen-bond donors (Lipinski definition) is 1. The predicted octanol–water partition coefficient (Wildman–Crippen LogP) is 3.10. The van der Waals surface area contributed by atoms with E-state index in [4.69, 9.17) is 0 Å². The summed E-state index contributed by atoms with van der Waals surface area (Å²) in [5, 5.41) is 3.04. The van der Waals surface area contributed by atoms with Crippen molar-refractivity contribution >= 4 is 0 Å². The Balaban J connectivity index is 3.85. The molecule has 0 unspecified atom stereocenters. The predicted molar refractivity (Wildman–Crippen MR) is 56.0 cm³/mol. The van der Waals surface area contributed by atoms with Gasteiger partial charge in [-0.25, -0.2) is 0 Å². The Morgan fingerprint density at radius 2 is 2.08 bits per heavy atom. The van der Waals surface area contributed by atoms with Gasteiger partial charge in [0, 0.05) is 7.05 Å². The third-order valence-corrected chi connectivity index (χ3v) is 1.68. The number of hydrogen-bond acceptors (Lipinski definition) is 1.